The third kappa shape index (κ3) is 2.37. The number of anilines is 1. The molecule has 0 fully saturated rings. The van der Waals surface area contributed by atoms with E-state index < -0.39 is 5.82 Å². The SMILES string of the molecule is N#Cc1ccc(F)cc1Cn1cc(Cl)c(N)n1. The van der Waals surface area contributed by atoms with Crippen LogP contribution >= 0.6 is 11.6 Å². The van der Waals surface area contributed by atoms with Crippen LogP contribution in [-0.4, -0.2) is 9.78 Å². The van der Waals surface area contributed by atoms with Crippen molar-refractivity contribution in [3.05, 3.63) is 46.4 Å². The third-order valence-corrected chi connectivity index (χ3v) is 2.55. The lowest BCUT2D eigenvalue weighted by molar-refractivity contribution is 0.619. The minimum absolute atomic E-state index is 0.210. The highest BCUT2D eigenvalue weighted by molar-refractivity contribution is 6.32. The Labute approximate surface area is 102 Å². The van der Waals surface area contributed by atoms with E-state index in [1.807, 2.05) is 6.07 Å². The van der Waals surface area contributed by atoms with Gasteiger partial charge in [-0.05, 0) is 23.8 Å². The number of nitriles is 1. The van der Waals surface area contributed by atoms with E-state index in [1.165, 1.54) is 29.1 Å². The minimum Gasteiger partial charge on any atom is -0.381 e. The third-order valence-electron chi connectivity index (χ3n) is 2.26. The van der Waals surface area contributed by atoms with Crippen LogP contribution in [0.2, 0.25) is 5.02 Å². The molecule has 0 radical (unpaired) electrons. The molecule has 17 heavy (non-hydrogen) atoms. The van der Waals surface area contributed by atoms with Gasteiger partial charge < -0.3 is 5.73 Å². The van der Waals surface area contributed by atoms with Gasteiger partial charge in [-0.25, -0.2) is 4.39 Å². The number of nitrogen functional groups attached to an aromatic ring is 1. The average Bonchev–Trinajstić information content (AvgIpc) is 2.58. The van der Waals surface area contributed by atoms with Gasteiger partial charge in [0.25, 0.3) is 0 Å². The van der Waals surface area contributed by atoms with Gasteiger partial charge in [0.1, 0.15) is 10.8 Å². The Morgan fingerprint density at radius 1 is 1.53 bits per heavy atom. The summed E-state index contributed by atoms with van der Waals surface area (Å²) in [6, 6.07) is 5.96. The van der Waals surface area contributed by atoms with Crippen molar-refractivity contribution >= 4 is 17.4 Å². The Balaban J connectivity index is 2.35. The van der Waals surface area contributed by atoms with Gasteiger partial charge in [0.15, 0.2) is 5.82 Å². The molecule has 2 aromatic rings. The summed E-state index contributed by atoms with van der Waals surface area (Å²) < 4.78 is 14.5. The van der Waals surface area contributed by atoms with Crippen molar-refractivity contribution < 1.29 is 4.39 Å². The van der Waals surface area contributed by atoms with Gasteiger partial charge in [0.05, 0.1) is 18.2 Å². The molecule has 4 nitrogen and oxygen atoms in total. The van der Waals surface area contributed by atoms with Crippen molar-refractivity contribution in [1.29, 1.82) is 5.26 Å². The molecule has 0 aliphatic carbocycles. The summed E-state index contributed by atoms with van der Waals surface area (Å²) in [6.07, 6.45) is 1.53. The first-order valence-electron chi connectivity index (χ1n) is 4.77. The van der Waals surface area contributed by atoms with Crippen molar-refractivity contribution in [2.45, 2.75) is 6.54 Å². The summed E-state index contributed by atoms with van der Waals surface area (Å²) in [5.41, 5.74) is 6.43. The quantitative estimate of drug-likeness (QED) is 0.888. The number of nitrogens with two attached hydrogens (primary N) is 1. The Morgan fingerprint density at radius 2 is 2.29 bits per heavy atom. The monoisotopic (exact) mass is 250 g/mol. The minimum atomic E-state index is -0.398. The van der Waals surface area contributed by atoms with Crippen molar-refractivity contribution in [3.8, 4) is 6.07 Å². The fourth-order valence-corrected chi connectivity index (χ4v) is 1.62. The number of hydrogen-bond acceptors (Lipinski definition) is 3. The molecular formula is C11H8ClFN4. The van der Waals surface area contributed by atoms with Crippen LogP contribution in [0.5, 0.6) is 0 Å². The van der Waals surface area contributed by atoms with Crippen molar-refractivity contribution in [2.24, 2.45) is 0 Å². The van der Waals surface area contributed by atoms with Crippen LogP contribution < -0.4 is 5.73 Å². The molecule has 0 aliphatic rings. The molecule has 0 aliphatic heterocycles. The number of benzene rings is 1. The Kier molecular flexibility index (Phi) is 2.98. The van der Waals surface area contributed by atoms with Crippen LogP contribution in [0.1, 0.15) is 11.1 Å². The van der Waals surface area contributed by atoms with Crippen LogP contribution in [0.25, 0.3) is 0 Å². The van der Waals surface area contributed by atoms with E-state index in [9.17, 15) is 4.39 Å². The number of halogens is 2. The largest absolute Gasteiger partial charge is 0.381 e. The normalized spacial score (nSPS) is 10.2. The molecule has 2 rings (SSSR count). The molecule has 6 heteroatoms. The lowest BCUT2D eigenvalue weighted by Crippen LogP contribution is -2.03. The molecule has 0 saturated heterocycles. The second kappa shape index (κ2) is 4.44. The van der Waals surface area contributed by atoms with Gasteiger partial charge >= 0.3 is 0 Å². The van der Waals surface area contributed by atoms with E-state index in [0.717, 1.165) is 0 Å². The van der Waals surface area contributed by atoms with Crippen molar-refractivity contribution in [1.82, 2.24) is 9.78 Å². The molecule has 0 spiro atoms. The first-order chi connectivity index (χ1) is 8.10. The van der Waals surface area contributed by atoms with Gasteiger partial charge in [-0.3, -0.25) is 4.68 Å². The van der Waals surface area contributed by atoms with E-state index in [-0.39, 0.29) is 12.4 Å². The van der Waals surface area contributed by atoms with Crippen LogP contribution in [0.15, 0.2) is 24.4 Å². The lowest BCUT2D eigenvalue weighted by atomic mass is 10.1. The van der Waals surface area contributed by atoms with Crippen molar-refractivity contribution in [3.63, 3.8) is 0 Å². The van der Waals surface area contributed by atoms with Crippen LogP contribution in [0.3, 0.4) is 0 Å². The maximum Gasteiger partial charge on any atom is 0.164 e. The lowest BCUT2D eigenvalue weighted by Gasteiger charge is -2.04. The summed E-state index contributed by atoms with van der Waals surface area (Å²) >= 11 is 5.75. The molecule has 0 amide bonds. The summed E-state index contributed by atoms with van der Waals surface area (Å²) in [4.78, 5) is 0. The van der Waals surface area contributed by atoms with E-state index in [4.69, 9.17) is 22.6 Å². The molecule has 1 aromatic heterocycles. The maximum atomic E-state index is 13.1. The molecule has 1 aromatic carbocycles. The van der Waals surface area contributed by atoms with Crippen LogP contribution in [0, 0.1) is 17.1 Å². The molecule has 0 saturated carbocycles. The fourth-order valence-electron chi connectivity index (χ4n) is 1.47. The predicted molar refractivity (Wildman–Crippen MR) is 61.9 cm³/mol. The number of hydrogen-bond donors (Lipinski definition) is 1. The van der Waals surface area contributed by atoms with Crippen LogP contribution in [0.4, 0.5) is 10.2 Å². The topological polar surface area (TPSA) is 67.6 Å². The Hall–Kier alpha value is -2.06. The molecule has 86 valence electrons. The zero-order chi connectivity index (χ0) is 12.4. The number of rotatable bonds is 2. The number of aromatic nitrogens is 2. The standard InChI is InChI=1S/C11H8ClFN4/c12-10-6-17(16-11(10)15)5-8-3-9(13)2-1-7(8)4-14/h1-3,6H,5H2,(H2,15,16). The second-order valence-electron chi connectivity index (χ2n) is 3.47. The molecular weight excluding hydrogens is 243 g/mol. The van der Waals surface area contributed by atoms with Gasteiger partial charge in [0, 0.05) is 6.20 Å². The Bertz CT molecular complexity index is 581. The van der Waals surface area contributed by atoms with Gasteiger partial charge in [-0.1, -0.05) is 11.6 Å². The summed E-state index contributed by atoms with van der Waals surface area (Å²) in [5.74, 6) is -0.188. The van der Waals surface area contributed by atoms with Crippen LogP contribution in [-0.2, 0) is 6.54 Å². The first-order valence-corrected chi connectivity index (χ1v) is 5.15. The highest BCUT2D eigenvalue weighted by atomic mass is 35.5. The average molecular weight is 251 g/mol. The Morgan fingerprint density at radius 3 is 2.88 bits per heavy atom. The van der Waals surface area contributed by atoms with Crippen molar-refractivity contribution in [2.75, 3.05) is 5.73 Å². The molecule has 1 heterocycles. The van der Waals surface area contributed by atoms with E-state index >= 15 is 0 Å². The van der Waals surface area contributed by atoms with E-state index in [0.29, 0.717) is 16.1 Å². The zero-order valence-electron chi connectivity index (χ0n) is 8.69. The summed E-state index contributed by atoms with van der Waals surface area (Å²) in [7, 11) is 0. The number of nitrogens with zero attached hydrogens (tertiary/aromatic N) is 3. The van der Waals surface area contributed by atoms with E-state index in [2.05, 4.69) is 5.10 Å². The maximum absolute atomic E-state index is 13.1. The molecule has 0 unspecified atom stereocenters. The van der Waals surface area contributed by atoms with Gasteiger partial charge in [0.2, 0.25) is 0 Å². The predicted octanol–water partition coefficient (Wildman–Crippen LogP) is 2.18. The highest BCUT2D eigenvalue weighted by Gasteiger charge is 2.07. The fraction of sp³-hybridized carbons (Fsp3) is 0.0909. The first kappa shape index (κ1) is 11.4. The molecule has 2 N–H and O–H groups in total. The van der Waals surface area contributed by atoms with E-state index in [1.54, 1.807) is 0 Å². The molecule has 0 bridgehead atoms. The van der Waals surface area contributed by atoms with Gasteiger partial charge in [-0.15, -0.1) is 0 Å². The second-order valence-corrected chi connectivity index (χ2v) is 3.88. The highest BCUT2D eigenvalue weighted by Crippen LogP contribution is 2.18. The molecule has 0 atom stereocenters. The zero-order valence-corrected chi connectivity index (χ0v) is 9.45. The summed E-state index contributed by atoms with van der Waals surface area (Å²) in [5, 5.41) is 13.2. The van der Waals surface area contributed by atoms with Gasteiger partial charge in [-0.2, -0.15) is 10.4 Å². The smallest absolute Gasteiger partial charge is 0.164 e. The summed E-state index contributed by atoms with van der Waals surface area (Å²) in [6.45, 7) is 0.248.